The number of halogens is 2. The number of hydrogen-bond acceptors (Lipinski definition) is 6. The van der Waals surface area contributed by atoms with Crippen LogP contribution in [0.5, 0.6) is 5.75 Å². The van der Waals surface area contributed by atoms with Crippen LogP contribution in [0.1, 0.15) is 17.3 Å². The third kappa shape index (κ3) is 3.57. The molecule has 1 aromatic carbocycles. The zero-order valence-electron chi connectivity index (χ0n) is 15.9. The molecule has 3 aromatic rings. The Hall–Kier alpha value is -3.17. The molecule has 4 rings (SSSR count). The number of carboxylic acids is 1. The van der Waals surface area contributed by atoms with Crippen LogP contribution in [0.3, 0.4) is 0 Å². The van der Waals surface area contributed by atoms with Crippen molar-refractivity contribution in [2.75, 3.05) is 18.0 Å². The van der Waals surface area contributed by atoms with Crippen LogP contribution in [0.15, 0.2) is 41.3 Å². The van der Waals surface area contributed by atoms with E-state index < -0.39 is 22.8 Å². The predicted octanol–water partition coefficient (Wildman–Crippen LogP) is 2.13. The highest BCUT2D eigenvalue weighted by molar-refractivity contribution is 5.92. The van der Waals surface area contributed by atoms with E-state index in [0.29, 0.717) is 18.8 Å². The van der Waals surface area contributed by atoms with Gasteiger partial charge < -0.3 is 25.4 Å². The zero-order chi connectivity index (χ0) is 20.9. The molecule has 4 N–H and O–H groups in total. The molecule has 30 heavy (non-hydrogen) atoms. The van der Waals surface area contributed by atoms with E-state index >= 15 is 0 Å². The molecule has 0 bridgehead atoms. The van der Waals surface area contributed by atoms with Crippen LogP contribution in [-0.4, -0.2) is 44.9 Å². The number of anilines is 1. The molecule has 0 spiro atoms. The molecule has 2 aromatic heterocycles. The summed E-state index contributed by atoms with van der Waals surface area (Å²) in [5.74, 6) is -1.89. The quantitative estimate of drug-likeness (QED) is 0.577. The largest absolute Gasteiger partial charge is 0.508 e. The Labute approximate surface area is 176 Å². The molecule has 0 amide bonds. The molecule has 10 heteroatoms. The Morgan fingerprint density at radius 2 is 1.93 bits per heavy atom. The number of aromatic carboxylic acids is 1. The van der Waals surface area contributed by atoms with Crippen LogP contribution in [-0.2, 0) is 0 Å². The van der Waals surface area contributed by atoms with Gasteiger partial charge in [-0.3, -0.25) is 4.79 Å². The lowest BCUT2D eigenvalue weighted by atomic mass is 10.1. The molecule has 0 unspecified atom stereocenters. The van der Waals surface area contributed by atoms with Gasteiger partial charge in [-0.05, 0) is 36.2 Å². The van der Waals surface area contributed by atoms with Gasteiger partial charge in [-0.2, -0.15) is 0 Å². The van der Waals surface area contributed by atoms with Gasteiger partial charge in [-0.25, -0.2) is 14.2 Å². The number of aromatic hydroxyl groups is 1. The van der Waals surface area contributed by atoms with Crippen LogP contribution in [0.25, 0.3) is 16.7 Å². The number of nitrogens with zero attached hydrogens (tertiary/aromatic N) is 3. The average Bonchev–Trinajstić information content (AvgIpc) is 3.01. The number of carbonyl (C=O) groups is 1. The van der Waals surface area contributed by atoms with Crippen LogP contribution in [0.2, 0.25) is 0 Å². The molecule has 3 heterocycles. The minimum atomic E-state index is -1.42. The lowest BCUT2D eigenvalue weighted by Crippen LogP contribution is -2.29. The maximum absolute atomic E-state index is 14.9. The highest BCUT2D eigenvalue weighted by Gasteiger charge is 2.30. The molecule has 8 nitrogen and oxygen atoms in total. The zero-order valence-corrected chi connectivity index (χ0v) is 16.8. The summed E-state index contributed by atoms with van der Waals surface area (Å²) in [6, 6.07) is 6.84. The topological polar surface area (TPSA) is 122 Å². The molecule has 1 aliphatic rings. The van der Waals surface area contributed by atoms with E-state index in [0.717, 1.165) is 12.3 Å². The summed E-state index contributed by atoms with van der Waals surface area (Å²) in [6.07, 6.45) is 1.16. The second-order valence-corrected chi connectivity index (χ2v) is 7.27. The molecular weight excluding hydrogens is 415 g/mol. The minimum Gasteiger partial charge on any atom is -0.508 e. The first-order chi connectivity index (χ1) is 13.8. The summed E-state index contributed by atoms with van der Waals surface area (Å²) in [5.41, 5.74) is 5.31. The van der Waals surface area contributed by atoms with Gasteiger partial charge in [-0.15, -0.1) is 12.4 Å². The lowest BCUT2D eigenvalue weighted by Gasteiger charge is -2.20. The fourth-order valence-electron chi connectivity index (χ4n) is 3.56. The van der Waals surface area contributed by atoms with E-state index in [1.54, 1.807) is 17.0 Å². The van der Waals surface area contributed by atoms with Crippen molar-refractivity contribution in [3.05, 3.63) is 58.1 Å². The fraction of sp³-hybridized carbons (Fsp3) is 0.250. The summed E-state index contributed by atoms with van der Waals surface area (Å²) < 4.78 is 16.3. The van der Waals surface area contributed by atoms with Crippen LogP contribution in [0.4, 0.5) is 10.2 Å². The first-order valence-electron chi connectivity index (χ1n) is 9.05. The van der Waals surface area contributed by atoms with E-state index in [1.165, 1.54) is 16.7 Å². The summed E-state index contributed by atoms with van der Waals surface area (Å²) in [7, 11) is 0. The molecule has 0 radical (unpaired) electrons. The number of benzene rings is 1. The summed E-state index contributed by atoms with van der Waals surface area (Å²) >= 11 is 0. The van der Waals surface area contributed by atoms with Gasteiger partial charge in [0.05, 0.1) is 5.39 Å². The number of carboxylic acid groups (broad SMARTS) is 1. The highest BCUT2D eigenvalue weighted by atomic mass is 35.5. The number of phenolic OH excluding ortho intramolecular Hbond substituents is 1. The SMILES string of the molecule is C[C@H]1CN(c2nc3c(cc2F)c(=O)c(C(=O)O)cn3-c2ccc(O)cc2)C[C@H]1N.Cl. The van der Waals surface area contributed by atoms with E-state index in [-0.39, 0.29) is 47.0 Å². The van der Waals surface area contributed by atoms with Gasteiger partial charge in [0.25, 0.3) is 0 Å². The maximum Gasteiger partial charge on any atom is 0.341 e. The first kappa shape index (κ1) is 21.5. The number of pyridine rings is 2. The number of phenols is 1. The monoisotopic (exact) mass is 434 g/mol. The summed E-state index contributed by atoms with van der Waals surface area (Å²) in [4.78, 5) is 30.3. The van der Waals surface area contributed by atoms with Gasteiger partial charge in [0, 0.05) is 31.0 Å². The second kappa shape index (κ2) is 7.92. The lowest BCUT2D eigenvalue weighted by molar-refractivity contribution is 0.0695. The Morgan fingerprint density at radius 1 is 1.27 bits per heavy atom. The van der Waals surface area contributed by atoms with Crippen molar-refractivity contribution in [3.63, 3.8) is 0 Å². The second-order valence-electron chi connectivity index (χ2n) is 7.27. The van der Waals surface area contributed by atoms with Crippen molar-refractivity contribution in [2.45, 2.75) is 13.0 Å². The van der Waals surface area contributed by atoms with Crippen molar-refractivity contribution in [1.82, 2.24) is 9.55 Å². The van der Waals surface area contributed by atoms with E-state index in [4.69, 9.17) is 5.73 Å². The van der Waals surface area contributed by atoms with Gasteiger partial charge >= 0.3 is 5.97 Å². The first-order valence-corrected chi connectivity index (χ1v) is 9.05. The van der Waals surface area contributed by atoms with Crippen molar-refractivity contribution in [2.24, 2.45) is 11.7 Å². The minimum absolute atomic E-state index is 0. The Kier molecular flexibility index (Phi) is 5.69. The Morgan fingerprint density at radius 3 is 2.50 bits per heavy atom. The molecule has 1 aliphatic heterocycles. The number of hydrogen-bond donors (Lipinski definition) is 3. The summed E-state index contributed by atoms with van der Waals surface area (Å²) in [5, 5.41) is 18.8. The normalized spacial score (nSPS) is 18.4. The van der Waals surface area contributed by atoms with Crippen LogP contribution in [0, 0.1) is 11.7 Å². The molecule has 0 saturated carbocycles. The number of aromatic nitrogens is 2. The Balaban J connectivity index is 0.00000256. The number of fused-ring (bicyclic) bond motifs is 1. The third-order valence-corrected chi connectivity index (χ3v) is 5.24. The van der Waals surface area contributed by atoms with Crippen molar-refractivity contribution in [3.8, 4) is 11.4 Å². The molecule has 1 fully saturated rings. The van der Waals surface area contributed by atoms with Crippen LogP contribution < -0.4 is 16.1 Å². The van der Waals surface area contributed by atoms with Crippen molar-refractivity contribution >= 4 is 35.2 Å². The highest BCUT2D eigenvalue weighted by Crippen LogP contribution is 2.27. The molecule has 1 saturated heterocycles. The predicted molar refractivity (Wildman–Crippen MR) is 113 cm³/mol. The maximum atomic E-state index is 14.9. The van der Waals surface area contributed by atoms with Gasteiger partial charge in [0.2, 0.25) is 5.43 Å². The third-order valence-electron chi connectivity index (χ3n) is 5.24. The number of rotatable bonds is 3. The van der Waals surface area contributed by atoms with Gasteiger partial charge in [-0.1, -0.05) is 6.92 Å². The van der Waals surface area contributed by atoms with E-state index in [2.05, 4.69) is 4.98 Å². The Bertz CT molecular complexity index is 1170. The molecule has 2 atom stereocenters. The summed E-state index contributed by atoms with van der Waals surface area (Å²) in [6.45, 7) is 2.91. The molecular formula is C20H20ClFN4O4. The number of nitrogens with two attached hydrogens (primary N) is 1. The smallest absolute Gasteiger partial charge is 0.341 e. The fourth-order valence-corrected chi connectivity index (χ4v) is 3.56. The van der Waals surface area contributed by atoms with Crippen LogP contribution >= 0.6 is 12.4 Å². The van der Waals surface area contributed by atoms with Crippen molar-refractivity contribution in [1.29, 1.82) is 0 Å². The van der Waals surface area contributed by atoms with E-state index in [9.17, 15) is 24.2 Å². The average molecular weight is 435 g/mol. The van der Waals surface area contributed by atoms with Crippen molar-refractivity contribution < 1.29 is 19.4 Å². The van der Waals surface area contributed by atoms with E-state index in [1.807, 2.05) is 6.92 Å². The standard InChI is InChI=1S/C20H19FN4O4.ClH/c1-10-7-24(9-16(10)22)19-15(21)6-13-17(27)14(20(28)29)8-25(18(13)23-19)11-2-4-12(26)5-3-11;/h2-6,8,10,16,26H,7,9,22H2,1H3,(H,28,29);1H/t10-,16+;/m0./s1. The van der Waals surface area contributed by atoms with Gasteiger partial charge in [0.1, 0.15) is 11.3 Å². The van der Waals surface area contributed by atoms with Gasteiger partial charge in [0.15, 0.2) is 17.3 Å². The molecule has 158 valence electrons. The molecule has 0 aliphatic carbocycles.